The Morgan fingerprint density at radius 2 is 2.28 bits per heavy atom. The molecule has 0 saturated heterocycles. The zero-order chi connectivity index (χ0) is 12.7. The fourth-order valence-electron chi connectivity index (χ4n) is 1.88. The maximum Gasteiger partial charge on any atom is 0.338 e. The molecule has 2 heterocycles. The van der Waals surface area contributed by atoms with E-state index in [1.165, 1.54) is 5.38 Å². The van der Waals surface area contributed by atoms with Crippen LogP contribution >= 0.6 is 11.5 Å². The number of esters is 1. The van der Waals surface area contributed by atoms with Crippen molar-refractivity contribution >= 4 is 23.5 Å². The Bertz CT molecular complexity index is 662. The van der Waals surface area contributed by atoms with Crippen molar-refractivity contribution in [3.05, 3.63) is 40.3 Å². The number of hydrogen-bond donors (Lipinski definition) is 1. The number of nitrogens with zero attached hydrogens (tertiary/aromatic N) is 1. The highest BCUT2D eigenvalue weighted by Gasteiger charge is 2.23. The molecule has 1 N–H and O–H groups in total. The fourth-order valence-corrected chi connectivity index (χ4v) is 2.56. The van der Waals surface area contributed by atoms with Crippen LogP contribution in [0, 0.1) is 0 Å². The van der Waals surface area contributed by atoms with Gasteiger partial charge in [0, 0.05) is 16.5 Å². The first-order valence-electron chi connectivity index (χ1n) is 5.15. The Morgan fingerprint density at radius 1 is 1.44 bits per heavy atom. The molecule has 0 bridgehead atoms. The van der Waals surface area contributed by atoms with Crippen LogP contribution in [0.4, 0.5) is 0 Å². The summed E-state index contributed by atoms with van der Waals surface area (Å²) >= 11 is 1.09. The number of carboxylic acid groups (broad SMARTS) is 1. The lowest BCUT2D eigenvalue weighted by Gasteiger charge is -2.01. The number of carbonyl (C=O) groups excluding carboxylic acids is 1. The summed E-state index contributed by atoms with van der Waals surface area (Å²) in [6.07, 6.45) is 0. The normalized spacial score (nSPS) is 13.2. The quantitative estimate of drug-likeness (QED) is 0.838. The summed E-state index contributed by atoms with van der Waals surface area (Å²) in [5.41, 5.74) is 2.58. The number of fused-ring (bicyclic) bond motifs is 1. The first-order chi connectivity index (χ1) is 8.66. The molecular formula is C12H7NO4S. The molecule has 1 aliphatic heterocycles. The molecule has 0 fully saturated rings. The second-order valence-electron chi connectivity index (χ2n) is 3.83. The lowest BCUT2D eigenvalue weighted by Crippen LogP contribution is -1.97. The van der Waals surface area contributed by atoms with Crippen molar-refractivity contribution in [2.24, 2.45) is 0 Å². The summed E-state index contributed by atoms with van der Waals surface area (Å²) in [4.78, 5) is 22.3. The largest absolute Gasteiger partial charge is 0.478 e. The van der Waals surface area contributed by atoms with Gasteiger partial charge in [-0.15, -0.1) is 0 Å². The van der Waals surface area contributed by atoms with Crippen molar-refractivity contribution in [2.45, 2.75) is 6.61 Å². The zero-order valence-electron chi connectivity index (χ0n) is 9.04. The van der Waals surface area contributed by atoms with Gasteiger partial charge in [-0.05, 0) is 23.7 Å². The van der Waals surface area contributed by atoms with E-state index in [9.17, 15) is 9.59 Å². The molecule has 1 aliphatic rings. The third-order valence-electron chi connectivity index (χ3n) is 2.76. The minimum Gasteiger partial charge on any atom is -0.478 e. The predicted molar refractivity (Wildman–Crippen MR) is 63.6 cm³/mol. The Morgan fingerprint density at radius 3 is 3.06 bits per heavy atom. The number of carboxylic acids is 1. The molecule has 0 aliphatic carbocycles. The van der Waals surface area contributed by atoms with Crippen molar-refractivity contribution in [2.75, 3.05) is 0 Å². The van der Waals surface area contributed by atoms with Gasteiger partial charge in [0.25, 0.3) is 0 Å². The van der Waals surface area contributed by atoms with Crippen molar-refractivity contribution in [1.82, 2.24) is 4.37 Å². The van der Waals surface area contributed by atoms with Crippen LogP contribution in [0.3, 0.4) is 0 Å². The molecule has 2 aromatic rings. The maximum absolute atomic E-state index is 11.3. The predicted octanol–water partition coefficient (Wildman–Crippen LogP) is 2.18. The highest BCUT2D eigenvalue weighted by atomic mass is 32.1. The number of benzene rings is 1. The van der Waals surface area contributed by atoms with Gasteiger partial charge in [-0.25, -0.2) is 9.59 Å². The van der Waals surface area contributed by atoms with Gasteiger partial charge in [0.15, 0.2) is 0 Å². The van der Waals surface area contributed by atoms with E-state index in [0.29, 0.717) is 16.8 Å². The number of carbonyl (C=O) groups is 2. The van der Waals surface area contributed by atoms with Crippen molar-refractivity contribution in [3.63, 3.8) is 0 Å². The molecule has 0 spiro atoms. The summed E-state index contributed by atoms with van der Waals surface area (Å²) in [5.74, 6) is -1.35. The van der Waals surface area contributed by atoms with E-state index in [2.05, 4.69) is 4.37 Å². The van der Waals surface area contributed by atoms with Gasteiger partial charge in [0.2, 0.25) is 0 Å². The Balaban J connectivity index is 2.11. The van der Waals surface area contributed by atoms with Gasteiger partial charge in [-0.1, -0.05) is 6.07 Å². The molecule has 0 unspecified atom stereocenters. The first kappa shape index (κ1) is 10.9. The van der Waals surface area contributed by atoms with Gasteiger partial charge in [0.1, 0.15) is 6.61 Å². The van der Waals surface area contributed by atoms with Crippen LogP contribution in [0.25, 0.3) is 11.3 Å². The minimum atomic E-state index is -1.01. The van der Waals surface area contributed by atoms with E-state index in [4.69, 9.17) is 9.84 Å². The molecule has 90 valence electrons. The van der Waals surface area contributed by atoms with Gasteiger partial charge >= 0.3 is 11.9 Å². The van der Waals surface area contributed by atoms with Crippen molar-refractivity contribution < 1.29 is 19.4 Å². The Hall–Kier alpha value is -2.21. The molecule has 6 heteroatoms. The summed E-state index contributed by atoms with van der Waals surface area (Å²) in [5, 5.41) is 10.5. The van der Waals surface area contributed by atoms with Gasteiger partial charge < -0.3 is 9.84 Å². The van der Waals surface area contributed by atoms with E-state index < -0.39 is 5.97 Å². The average molecular weight is 261 g/mol. The first-order valence-corrected chi connectivity index (χ1v) is 5.98. The van der Waals surface area contributed by atoms with Crippen LogP contribution in [0.2, 0.25) is 0 Å². The molecule has 3 rings (SSSR count). The van der Waals surface area contributed by atoms with Crippen LogP contribution in [0.5, 0.6) is 0 Å². The van der Waals surface area contributed by atoms with Crippen LogP contribution in [-0.2, 0) is 11.3 Å². The van der Waals surface area contributed by atoms with E-state index in [1.54, 1.807) is 18.2 Å². The SMILES string of the molecule is O=C1OCc2cc(-c3nscc3C(=O)O)ccc21. The summed E-state index contributed by atoms with van der Waals surface area (Å²) < 4.78 is 8.99. The van der Waals surface area contributed by atoms with E-state index >= 15 is 0 Å². The topological polar surface area (TPSA) is 76.5 Å². The van der Waals surface area contributed by atoms with E-state index in [1.807, 2.05) is 0 Å². The van der Waals surface area contributed by atoms with E-state index in [0.717, 1.165) is 17.1 Å². The third kappa shape index (κ3) is 1.58. The highest BCUT2D eigenvalue weighted by Crippen LogP contribution is 2.29. The monoisotopic (exact) mass is 261 g/mol. The number of rotatable bonds is 2. The molecule has 0 atom stereocenters. The lowest BCUT2D eigenvalue weighted by molar-refractivity contribution is 0.0534. The average Bonchev–Trinajstić information content (AvgIpc) is 2.96. The van der Waals surface area contributed by atoms with Crippen LogP contribution in [0.15, 0.2) is 23.6 Å². The minimum absolute atomic E-state index is 0.171. The Labute approximate surface area is 106 Å². The van der Waals surface area contributed by atoms with Gasteiger partial charge in [-0.2, -0.15) is 4.37 Å². The maximum atomic E-state index is 11.3. The smallest absolute Gasteiger partial charge is 0.338 e. The fraction of sp³-hybridized carbons (Fsp3) is 0.0833. The lowest BCUT2D eigenvalue weighted by atomic mass is 10.0. The highest BCUT2D eigenvalue weighted by molar-refractivity contribution is 7.04. The molecule has 1 aromatic carbocycles. The standard InChI is InChI=1S/C12H7NO4S/c14-11(15)9-5-18-13-10(9)6-1-2-8-7(3-6)4-17-12(8)16/h1-3,5H,4H2,(H,14,15). The van der Waals surface area contributed by atoms with Crippen molar-refractivity contribution in [3.8, 4) is 11.3 Å². The number of ether oxygens (including phenoxy) is 1. The summed E-state index contributed by atoms with van der Waals surface area (Å²) in [7, 11) is 0. The summed E-state index contributed by atoms with van der Waals surface area (Å²) in [6.45, 7) is 0.231. The zero-order valence-corrected chi connectivity index (χ0v) is 9.86. The van der Waals surface area contributed by atoms with Crippen LogP contribution in [-0.4, -0.2) is 21.4 Å². The van der Waals surface area contributed by atoms with Gasteiger partial charge in [-0.3, -0.25) is 0 Å². The molecular weight excluding hydrogens is 254 g/mol. The molecule has 5 nitrogen and oxygen atoms in total. The van der Waals surface area contributed by atoms with Gasteiger partial charge in [0.05, 0.1) is 16.8 Å². The van der Waals surface area contributed by atoms with Crippen LogP contribution < -0.4 is 0 Å². The van der Waals surface area contributed by atoms with Crippen LogP contribution in [0.1, 0.15) is 26.3 Å². The third-order valence-corrected chi connectivity index (χ3v) is 3.39. The number of aromatic carboxylic acids is 1. The molecule has 0 amide bonds. The van der Waals surface area contributed by atoms with Crippen molar-refractivity contribution in [1.29, 1.82) is 0 Å². The molecule has 1 aromatic heterocycles. The Kier molecular flexibility index (Phi) is 2.38. The number of cyclic esters (lactones) is 1. The molecule has 0 radical (unpaired) electrons. The van der Waals surface area contributed by atoms with E-state index in [-0.39, 0.29) is 18.1 Å². The number of hydrogen-bond acceptors (Lipinski definition) is 5. The number of aromatic nitrogens is 1. The molecule has 18 heavy (non-hydrogen) atoms. The molecule has 0 saturated carbocycles. The second-order valence-corrected chi connectivity index (χ2v) is 4.46. The summed E-state index contributed by atoms with van der Waals surface area (Å²) in [6, 6.07) is 5.08. The second kappa shape index (κ2) is 3.92.